The second-order valence-corrected chi connectivity index (χ2v) is 6.41. The van der Waals surface area contributed by atoms with Gasteiger partial charge in [-0.1, -0.05) is 18.9 Å². The van der Waals surface area contributed by atoms with Crippen LogP contribution in [-0.4, -0.2) is 29.5 Å². The molecule has 110 valence electrons. The van der Waals surface area contributed by atoms with E-state index in [9.17, 15) is 0 Å². The van der Waals surface area contributed by atoms with Crippen LogP contribution in [0.4, 0.5) is 0 Å². The molecule has 3 heteroatoms. The standard InChI is InChI=1S/C17H27N3/c1-18-11-14-8-9-16(19-12-14)13-20-10-4-6-15-5-2-3-7-17(15)20/h8-9,12,15,17-18H,2-7,10-11,13H2,1H3/t15-,17-/m1/s1. The molecule has 1 aliphatic heterocycles. The van der Waals surface area contributed by atoms with Gasteiger partial charge in [0.05, 0.1) is 5.69 Å². The number of piperidine rings is 1. The van der Waals surface area contributed by atoms with Gasteiger partial charge in [0.2, 0.25) is 0 Å². The summed E-state index contributed by atoms with van der Waals surface area (Å²) in [5, 5.41) is 3.17. The van der Waals surface area contributed by atoms with E-state index >= 15 is 0 Å². The van der Waals surface area contributed by atoms with Crippen LogP contribution in [0.15, 0.2) is 18.3 Å². The highest BCUT2D eigenvalue weighted by atomic mass is 15.2. The third-order valence-electron chi connectivity index (χ3n) is 4.99. The Kier molecular flexibility index (Phi) is 4.69. The van der Waals surface area contributed by atoms with Crippen molar-refractivity contribution in [1.29, 1.82) is 0 Å². The molecule has 0 aromatic carbocycles. The molecule has 1 saturated heterocycles. The maximum atomic E-state index is 4.65. The number of fused-ring (bicyclic) bond motifs is 1. The number of hydrogen-bond acceptors (Lipinski definition) is 3. The average molecular weight is 273 g/mol. The zero-order valence-electron chi connectivity index (χ0n) is 12.6. The molecule has 1 aliphatic carbocycles. The minimum absolute atomic E-state index is 0.830. The van der Waals surface area contributed by atoms with E-state index in [1.807, 2.05) is 13.2 Å². The predicted molar refractivity (Wildman–Crippen MR) is 82.4 cm³/mol. The Morgan fingerprint density at radius 3 is 2.85 bits per heavy atom. The largest absolute Gasteiger partial charge is 0.316 e. The molecular weight excluding hydrogens is 246 g/mol. The molecule has 3 nitrogen and oxygen atoms in total. The maximum absolute atomic E-state index is 4.65. The van der Waals surface area contributed by atoms with Gasteiger partial charge in [-0.05, 0) is 56.8 Å². The third kappa shape index (κ3) is 3.21. The van der Waals surface area contributed by atoms with Crippen molar-refractivity contribution in [2.24, 2.45) is 5.92 Å². The van der Waals surface area contributed by atoms with Gasteiger partial charge in [0, 0.05) is 25.3 Å². The first-order valence-electron chi connectivity index (χ1n) is 8.19. The normalized spacial score (nSPS) is 27.2. The van der Waals surface area contributed by atoms with E-state index < -0.39 is 0 Å². The first kappa shape index (κ1) is 14.0. The topological polar surface area (TPSA) is 28.2 Å². The van der Waals surface area contributed by atoms with Crippen molar-refractivity contribution in [2.75, 3.05) is 13.6 Å². The fourth-order valence-electron chi connectivity index (χ4n) is 3.99. The summed E-state index contributed by atoms with van der Waals surface area (Å²) in [7, 11) is 1.98. The van der Waals surface area contributed by atoms with Crippen molar-refractivity contribution < 1.29 is 0 Å². The molecule has 0 bridgehead atoms. The molecule has 2 heterocycles. The SMILES string of the molecule is CNCc1ccc(CN2CCC[C@H]3CCCC[C@H]32)nc1. The van der Waals surface area contributed by atoms with Crippen LogP contribution in [0.3, 0.4) is 0 Å². The van der Waals surface area contributed by atoms with Gasteiger partial charge in [-0.15, -0.1) is 0 Å². The van der Waals surface area contributed by atoms with E-state index in [-0.39, 0.29) is 0 Å². The van der Waals surface area contributed by atoms with Gasteiger partial charge in [0.15, 0.2) is 0 Å². The average Bonchev–Trinajstić information content (AvgIpc) is 2.50. The molecular formula is C17H27N3. The fraction of sp³-hybridized carbons (Fsp3) is 0.706. The molecule has 2 aliphatic rings. The van der Waals surface area contributed by atoms with Crippen molar-refractivity contribution in [3.05, 3.63) is 29.6 Å². The first-order chi connectivity index (χ1) is 9.86. The lowest BCUT2D eigenvalue weighted by molar-refractivity contribution is 0.0537. The van der Waals surface area contributed by atoms with Crippen molar-refractivity contribution in [2.45, 2.75) is 57.7 Å². The molecule has 2 atom stereocenters. The van der Waals surface area contributed by atoms with Crippen LogP contribution in [0.1, 0.15) is 49.8 Å². The number of likely N-dealkylation sites (tertiary alicyclic amines) is 1. The second-order valence-electron chi connectivity index (χ2n) is 6.41. The number of hydrogen-bond donors (Lipinski definition) is 1. The molecule has 1 N–H and O–H groups in total. The van der Waals surface area contributed by atoms with Crippen molar-refractivity contribution in [3.63, 3.8) is 0 Å². The smallest absolute Gasteiger partial charge is 0.0544 e. The lowest BCUT2D eigenvalue weighted by Crippen LogP contribution is -2.46. The molecule has 2 fully saturated rings. The van der Waals surface area contributed by atoms with Gasteiger partial charge in [-0.3, -0.25) is 9.88 Å². The van der Waals surface area contributed by atoms with Gasteiger partial charge >= 0.3 is 0 Å². The summed E-state index contributed by atoms with van der Waals surface area (Å²) < 4.78 is 0. The minimum Gasteiger partial charge on any atom is -0.316 e. The molecule has 1 aromatic heterocycles. The Hall–Kier alpha value is -0.930. The number of aromatic nitrogens is 1. The Labute approximate surface area is 122 Å². The van der Waals surface area contributed by atoms with Crippen LogP contribution >= 0.6 is 0 Å². The Balaban J connectivity index is 1.63. The monoisotopic (exact) mass is 273 g/mol. The van der Waals surface area contributed by atoms with Crippen LogP contribution in [-0.2, 0) is 13.1 Å². The van der Waals surface area contributed by atoms with Crippen LogP contribution < -0.4 is 5.32 Å². The van der Waals surface area contributed by atoms with E-state index in [1.165, 1.54) is 56.3 Å². The highest BCUT2D eigenvalue weighted by Gasteiger charge is 2.32. The lowest BCUT2D eigenvalue weighted by atomic mass is 9.78. The van der Waals surface area contributed by atoms with Crippen molar-refractivity contribution >= 4 is 0 Å². The Bertz CT molecular complexity index is 413. The van der Waals surface area contributed by atoms with Crippen LogP contribution in [0.25, 0.3) is 0 Å². The molecule has 0 radical (unpaired) electrons. The molecule has 20 heavy (non-hydrogen) atoms. The van der Waals surface area contributed by atoms with Crippen molar-refractivity contribution in [1.82, 2.24) is 15.2 Å². The number of rotatable bonds is 4. The lowest BCUT2D eigenvalue weighted by Gasteiger charge is -2.44. The summed E-state index contributed by atoms with van der Waals surface area (Å²) in [4.78, 5) is 7.35. The number of nitrogens with zero attached hydrogens (tertiary/aromatic N) is 2. The minimum atomic E-state index is 0.830. The van der Waals surface area contributed by atoms with Crippen LogP contribution in [0.2, 0.25) is 0 Å². The van der Waals surface area contributed by atoms with Gasteiger partial charge in [0.25, 0.3) is 0 Å². The maximum Gasteiger partial charge on any atom is 0.0544 e. The summed E-state index contributed by atoms with van der Waals surface area (Å²) in [5.41, 5.74) is 2.50. The van der Waals surface area contributed by atoms with E-state index in [0.717, 1.165) is 25.0 Å². The molecule has 0 spiro atoms. The molecule has 3 rings (SSSR count). The van der Waals surface area contributed by atoms with E-state index in [4.69, 9.17) is 0 Å². The summed E-state index contributed by atoms with van der Waals surface area (Å²) in [5.74, 6) is 0.959. The van der Waals surface area contributed by atoms with Gasteiger partial charge < -0.3 is 5.32 Å². The van der Waals surface area contributed by atoms with Crippen LogP contribution in [0, 0.1) is 5.92 Å². The van der Waals surface area contributed by atoms with E-state index in [2.05, 4.69) is 27.3 Å². The first-order valence-corrected chi connectivity index (χ1v) is 8.19. The Morgan fingerprint density at radius 2 is 2.05 bits per heavy atom. The molecule has 1 saturated carbocycles. The third-order valence-corrected chi connectivity index (χ3v) is 4.99. The summed E-state index contributed by atoms with van der Waals surface area (Å²) in [6.07, 6.45) is 10.6. The highest BCUT2D eigenvalue weighted by molar-refractivity contribution is 5.14. The predicted octanol–water partition coefficient (Wildman–Crippen LogP) is 2.96. The molecule has 0 amide bonds. The number of nitrogens with one attached hydrogen (secondary N) is 1. The van der Waals surface area contributed by atoms with E-state index in [0.29, 0.717) is 0 Å². The molecule has 1 aromatic rings. The van der Waals surface area contributed by atoms with Gasteiger partial charge in [0.1, 0.15) is 0 Å². The Morgan fingerprint density at radius 1 is 1.20 bits per heavy atom. The quantitative estimate of drug-likeness (QED) is 0.914. The van der Waals surface area contributed by atoms with Gasteiger partial charge in [-0.25, -0.2) is 0 Å². The zero-order chi connectivity index (χ0) is 13.8. The second kappa shape index (κ2) is 6.68. The van der Waals surface area contributed by atoms with Crippen molar-refractivity contribution in [3.8, 4) is 0 Å². The van der Waals surface area contributed by atoms with Gasteiger partial charge in [-0.2, -0.15) is 0 Å². The highest BCUT2D eigenvalue weighted by Crippen LogP contribution is 2.35. The summed E-state index contributed by atoms with van der Waals surface area (Å²) in [6.45, 7) is 3.21. The summed E-state index contributed by atoms with van der Waals surface area (Å²) in [6, 6.07) is 5.25. The summed E-state index contributed by atoms with van der Waals surface area (Å²) >= 11 is 0. The van der Waals surface area contributed by atoms with Crippen LogP contribution in [0.5, 0.6) is 0 Å². The van der Waals surface area contributed by atoms with E-state index in [1.54, 1.807) is 0 Å². The fourth-order valence-corrected chi connectivity index (χ4v) is 3.99. The zero-order valence-corrected chi connectivity index (χ0v) is 12.6. The number of pyridine rings is 1. The molecule has 0 unspecified atom stereocenters.